The zero-order chi connectivity index (χ0) is 11.1. The van der Waals surface area contributed by atoms with Gasteiger partial charge in [-0.05, 0) is 36.5 Å². The molecular weight excluding hydrogens is 213 g/mol. The average Bonchev–Trinajstić information content (AvgIpc) is 3.02. The van der Waals surface area contributed by atoms with Crippen LogP contribution in [0.5, 0.6) is 0 Å². The molecule has 0 atom stereocenters. The number of halogens is 2. The number of nitrogens with two attached hydrogens (primary N) is 1. The molecule has 1 aromatic rings. The SMILES string of the molecule is CCc1cc(Cl)c(F)c(C2(CN)CC2)c1. The van der Waals surface area contributed by atoms with Crippen molar-refractivity contribution in [1.29, 1.82) is 0 Å². The molecule has 2 rings (SSSR count). The van der Waals surface area contributed by atoms with Gasteiger partial charge in [-0.1, -0.05) is 24.6 Å². The van der Waals surface area contributed by atoms with Crippen LogP contribution in [0, 0.1) is 5.82 Å². The zero-order valence-electron chi connectivity index (χ0n) is 8.82. The van der Waals surface area contributed by atoms with Crippen LogP contribution in [0.3, 0.4) is 0 Å². The normalized spacial score (nSPS) is 17.9. The first kappa shape index (κ1) is 10.9. The molecule has 2 N–H and O–H groups in total. The van der Waals surface area contributed by atoms with E-state index in [4.69, 9.17) is 17.3 Å². The third-order valence-corrected chi connectivity index (χ3v) is 3.59. The van der Waals surface area contributed by atoms with Crippen molar-refractivity contribution in [2.75, 3.05) is 6.54 Å². The van der Waals surface area contributed by atoms with Gasteiger partial charge in [0.1, 0.15) is 5.82 Å². The Morgan fingerprint density at radius 3 is 2.60 bits per heavy atom. The van der Waals surface area contributed by atoms with Crippen LogP contribution in [0.4, 0.5) is 4.39 Å². The molecule has 3 heteroatoms. The smallest absolute Gasteiger partial charge is 0.145 e. The highest BCUT2D eigenvalue weighted by atomic mass is 35.5. The Kier molecular flexibility index (Phi) is 2.73. The lowest BCUT2D eigenvalue weighted by Gasteiger charge is -2.16. The van der Waals surface area contributed by atoms with Gasteiger partial charge in [0.25, 0.3) is 0 Å². The summed E-state index contributed by atoms with van der Waals surface area (Å²) in [5, 5.41) is 0.226. The Morgan fingerprint density at radius 1 is 1.47 bits per heavy atom. The maximum atomic E-state index is 13.9. The van der Waals surface area contributed by atoms with Crippen molar-refractivity contribution in [3.8, 4) is 0 Å². The van der Waals surface area contributed by atoms with Gasteiger partial charge >= 0.3 is 0 Å². The Balaban J connectivity index is 2.50. The lowest BCUT2D eigenvalue weighted by atomic mass is 9.93. The second-order valence-corrected chi connectivity index (χ2v) is 4.68. The lowest BCUT2D eigenvalue weighted by molar-refractivity contribution is 0.572. The van der Waals surface area contributed by atoms with Crippen LogP contribution in [0.25, 0.3) is 0 Å². The predicted molar refractivity (Wildman–Crippen MR) is 60.8 cm³/mol. The molecule has 0 aliphatic heterocycles. The van der Waals surface area contributed by atoms with Crippen molar-refractivity contribution in [3.63, 3.8) is 0 Å². The topological polar surface area (TPSA) is 26.0 Å². The van der Waals surface area contributed by atoms with Crippen LogP contribution in [0.1, 0.15) is 30.9 Å². The molecule has 1 saturated carbocycles. The van der Waals surface area contributed by atoms with E-state index in [1.54, 1.807) is 6.07 Å². The van der Waals surface area contributed by atoms with Crippen molar-refractivity contribution >= 4 is 11.6 Å². The molecule has 0 amide bonds. The Morgan fingerprint density at radius 2 is 2.13 bits per heavy atom. The van der Waals surface area contributed by atoms with E-state index in [1.165, 1.54) is 0 Å². The maximum Gasteiger partial charge on any atom is 0.145 e. The van der Waals surface area contributed by atoms with Crippen LogP contribution in [-0.4, -0.2) is 6.54 Å². The summed E-state index contributed by atoms with van der Waals surface area (Å²) in [6, 6.07) is 3.62. The molecule has 1 nitrogen and oxygen atoms in total. The largest absolute Gasteiger partial charge is 0.330 e. The lowest BCUT2D eigenvalue weighted by Crippen LogP contribution is -2.21. The number of rotatable bonds is 3. The minimum atomic E-state index is -0.281. The summed E-state index contributed by atoms with van der Waals surface area (Å²) >= 11 is 5.87. The fourth-order valence-corrected chi connectivity index (χ4v) is 2.21. The van der Waals surface area contributed by atoms with Crippen LogP contribution >= 0.6 is 11.6 Å². The van der Waals surface area contributed by atoms with E-state index >= 15 is 0 Å². The second kappa shape index (κ2) is 3.76. The summed E-state index contributed by atoms with van der Waals surface area (Å²) in [7, 11) is 0. The summed E-state index contributed by atoms with van der Waals surface area (Å²) < 4.78 is 13.9. The van der Waals surface area contributed by atoms with Crippen molar-refractivity contribution in [2.24, 2.45) is 5.73 Å². The van der Waals surface area contributed by atoms with Gasteiger partial charge in [0, 0.05) is 12.0 Å². The van der Waals surface area contributed by atoms with Crippen LogP contribution < -0.4 is 5.73 Å². The van der Waals surface area contributed by atoms with Crippen LogP contribution in [-0.2, 0) is 11.8 Å². The maximum absolute atomic E-state index is 13.9. The predicted octanol–water partition coefficient (Wildman–Crippen LogP) is 3.03. The Hall–Kier alpha value is -0.600. The number of aryl methyl sites for hydroxylation is 1. The molecule has 1 aliphatic rings. The molecule has 0 radical (unpaired) electrons. The summed E-state index contributed by atoms with van der Waals surface area (Å²) in [5.74, 6) is -0.281. The van der Waals surface area contributed by atoms with Gasteiger partial charge in [-0.15, -0.1) is 0 Å². The van der Waals surface area contributed by atoms with E-state index in [-0.39, 0.29) is 16.3 Å². The Bertz CT molecular complexity index is 385. The van der Waals surface area contributed by atoms with Gasteiger partial charge in [-0.3, -0.25) is 0 Å². The highest BCUT2D eigenvalue weighted by molar-refractivity contribution is 6.30. The van der Waals surface area contributed by atoms with E-state index in [2.05, 4.69) is 0 Å². The zero-order valence-corrected chi connectivity index (χ0v) is 9.57. The molecule has 82 valence electrons. The van der Waals surface area contributed by atoms with Gasteiger partial charge in [-0.2, -0.15) is 0 Å². The first-order valence-corrected chi connectivity index (χ1v) is 5.69. The first-order valence-electron chi connectivity index (χ1n) is 5.31. The fourth-order valence-electron chi connectivity index (χ4n) is 1.97. The highest BCUT2D eigenvalue weighted by Gasteiger charge is 2.45. The van der Waals surface area contributed by atoms with Gasteiger partial charge in [0.2, 0.25) is 0 Å². The average molecular weight is 228 g/mol. The first-order chi connectivity index (χ1) is 7.13. The monoisotopic (exact) mass is 227 g/mol. The minimum Gasteiger partial charge on any atom is -0.330 e. The molecule has 0 heterocycles. The number of hydrogen-bond donors (Lipinski definition) is 1. The van der Waals surface area contributed by atoms with E-state index in [0.29, 0.717) is 12.1 Å². The van der Waals surface area contributed by atoms with Crippen molar-refractivity contribution in [2.45, 2.75) is 31.6 Å². The summed E-state index contributed by atoms with van der Waals surface area (Å²) in [5.41, 5.74) is 7.37. The second-order valence-electron chi connectivity index (χ2n) is 4.28. The van der Waals surface area contributed by atoms with Gasteiger partial charge in [0.15, 0.2) is 0 Å². The fraction of sp³-hybridized carbons (Fsp3) is 0.500. The summed E-state index contributed by atoms with van der Waals surface area (Å²) in [6.07, 6.45) is 2.82. The summed E-state index contributed by atoms with van der Waals surface area (Å²) in [4.78, 5) is 0. The molecular formula is C12H15ClFN. The van der Waals surface area contributed by atoms with E-state index in [9.17, 15) is 4.39 Å². The Labute approximate surface area is 94.4 Å². The standard InChI is InChI=1S/C12H15ClFN/c1-2-8-5-9(11(14)10(13)6-8)12(7-15)3-4-12/h5-6H,2-4,7,15H2,1H3. The molecule has 0 aromatic heterocycles. The number of hydrogen-bond acceptors (Lipinski definition) is 1. The van der Waals surface area contributed by atoms with Crippen molar-refractivity contribution < 1.29 is 4.39 Å². The minimum absolute atomic E-state index is 0.126. The number of benzene rings is 1. The molecule has 1 aromatic carbocycles. The molecule has 0 spiro atoms. The summed E-state index contributed by atoms with van der Waals surface area (Å²) in [6.45, 7) is 2.54. The molecule has 1 aliphatic carbocycles. The van der Waals surface area contributed by atoms with Gasteiger partial charge in [0.05, 0.1) is 5.02 Å². The van der Waals surface area contributed by atoms with Gasteiger partial charge in [-0.25, -0.2) is 4.39 Å². The third kappa shape index (κ3) is 1.77. The van der Waals surface area contributed by atoms with Crippen LogP contribution in [0.2, 0.25) is 5.02 Å². The van der Waals surface area contributed by atoms with Crippen LogP contribution in [0.15, 0.2) is 12.1 Å². The molecule has 1 fully saturated rings. The van der Waals surface area contributed by atoms with Crippen molar-refractivity contribution in [1.82, 2.24) is 0 Å². The highest BCUT2D eigenvalue weighted by Crippen LogP contribution is 2.49. The van der Waals surface area contributed by atoms with E-state index in [1.807, 2.05) is 13.0 Å². The third-order valence-electron chi connectivity index (χ3n) is 3.31. The molecule has 15 heavy (non-hydrogen) atoms. The van der Waals surface area contributed by atoms with E-state index in [0.717, 1.165) is 24.8 Å². The molecule has 0 unspecified atom stereocenters. The van der Waals surface area contributed by atoms with E-state index < -0.39 is 0 Å². The molecule has 0 bridgehead atoms. The quantitative estimate of drug-likeness (QED) is 0.844. The van der Waals surface area contributed by atoms with Crippen molar-refractivity contribution in [3.05, 3.63) is 34.1 Å². The molecule has 0 saturated heterocycles. The van der Waals surface area contributed by atoms with Gasteiger partial charge < -0.3 is 5.73 Å².